The normalized spacial score (nSPS) is 26.9. The first kappa shape index (κ1) is 20.1. The van der Waals surface area contributed by atoms with E-state index in [0.717, 1.165) is 69.5 Å². The summed E-state index contributed by atoms with van der Waals surface area (Å²) in [6, 6.07) is 5.88. The molecule has 0 radical (unpaired) electrons. The summed E-state index contributed by atoms with van der Waals surface area (Å²) in [6.07, 6.45) is 7.04. The molecule has 1 heterocycles. The van der Waals surface area contributed by atoms with E-state index in [9.17, 15) is 10.1 Å². The Morgan fingerprint density at radius 2 is 1.93 bits per heavy atom. The van der Waals surface area contributed by atoms with E-state index in [2.05, 4.69) is 24.1 Å². The van der Waals surface area contributed by atoms with Gasteiger partial charge in [-0.05, 0) is 70.9 Å². The largest absolute Gasteiger partial charge is 0.379 e. The lowest BCUT2D eigenvalue weighted by molar-refractivity contribution is -0.384. The minimum Gasteiger partial charge on any atom is -0.379 e. The Kier molecular flexibility index (Phi) is 6.37. The fraction of sp³-hybridized carbons (Fsp3) is 0.714. The SMILES string of the molecule is CCOC1CCC(C)(NC2CCN(c3cc(C)ccc3[N+](=O)[O-])CC2)CC1. The zero-order valence-corrected chi connectivity index (χ0v) is 16.9. The van der Waals surface area contributed by atoms with E-state index in [1.165, 1.54) is 0 Å². The van der Waals surface area contributed by atoms with Gasteiger partial charge in [0.2, 0.25) is 0 Å². The molecule has 3 rings (SSSR count). The minimum atomic E-state index is -0.267. The number of benzene rings is 1. The van der Waals surface area contributed by atoms with E-state index in [0.29, 0.717) is 12.1 Å². The Labute approximate surface area is 162 Å². The molecule has 1 aliphatic heterocycles. The van der Waals surface area contributed by atoms with Gasteiger partial charge in [0.05, 0.1) is 11.0 Å². The van der Waals surface area contributed by atoms with Crippen molar-refractivity contribution in [1.29, 1.82) is 0 Å². The zero-order valence-electron chi connectivity index (χ0n) is 16.9. The molecule has 150 valence electrons. The first-order valence-corrected chi connectivity index (χ1v) is 10.3. The zero-order chi connectivity index (χ0) is 19.4. The highest BCUT2D eigenvalue weighted by Gasteiger charge is 2.34. The summed E-state index contributed by atoms with van der Waals surface area (Å²) < 4.78 is 5.78. The van der Waals surface area contributed by atoms with Crippen LogP contribution in [-0.4, -0.2) is 42.3 Å². The van der Waals surface area contributed by atoms with Crippen LogP contribution in [0.1, 0.15) is 57.9 Å². The van der Waals surface area contributed by atoms with Crippen LogP contribution in [0.4, 0.5) is 11.4 Å². The second kappa shape index (κ2) is 8.57. The molecule has 0 amide bonds. The maximum absolute atomic E-state index is 11.4. The number of nitrogens with one attached hydrogen (secondary N) is 1. The number of rotatable bonds is 6. The van der Waals surface area contributed by atoms with Crippen molar-refractivity contribution in [2.24, 2.45) is 0 Å². The molecule has 1 aliphatic carbocycles. The number of nitro benzene ring substituents is 1. The highest BCUT2D eigenvalue weighted by atomic mass is 16.6. The van der Waals surface area contributed by atoms with Crippen LogP contribution >= 0.6 is 0 Å². The minimum absolute atomic E-state index is 0.190. The fourth-order valence-corrected chi connectivity index (χ4v) is 4.57. The third-order valence-electron chi connectivity index (χ3n) is 6.15. The number of piperidine rings is 1. The first-order valence-electron chi connectivity index (χ1n) is 10.3. The molecule has 1 aromatic carbocycles. The van der Waals surface area contributed by atoms with Crippen LogP contribution in [0.2, 0.25) is 0 Å². The molecule has 6 nitrogen and oxygen atoms in total. The van der Waals surface area contributed by atoms with Crippen molar-refractivity contribution in [1.82, 2.24) is 5.32 Å². The van der Waals surface area contributed by atoms with Gasteiger partial charge in [-0.2, -0.15) is 0 Å². The lowest BCUT2D eigenvalue weighted by Gasteiger charge is -2.43. The summed E-state index contributed by atoms with van der Waals surface area (Å²) in [4.78, 5) is 13.3. The maximum Gasteiger partial charge on any atom is 0.292 e. The van der Waals surface area contributed by atoms with Gasteiger partial charge in [0.1, 0.15) is 5.69 Å². The molecule has 0 unspecified atom stereocenters. The lowest BCUT2D eigenvalue weighted by atomic mass is 9.80. The van der Waals surface area contributed by atoms with Crippen LogP contribution in [0, 0.1) is 17.0 Å². The molecule has 1 aromatic rings. The summed E-state index contributed by atoms with van der Waals surface area (Å²) in [5, 5.41) is 15.3. The third-order valence-corrected chi connectivity index (χ3v) is 6.15. The Bertz CT molecular complexity index is 648. The fourth-order valence-electron chi connectivity index (χ4n) is 4.57. The summed E-state index contributed by atoms with van der Waals surface area (Å²) in [7, 11) is 0. The van der Waals surface area contributed by atoms with Gasteiger partial charge in [-0.25, -0.2) is 0 Å². The van der Waals surface area contributed by atoms with E-state index < -0.39 is 0 Å². The summed E-state index contributed by atoms with van der Waals surface area (Å²) in [5.41, 5.74) is 2.24. The van der Waals surface area contributed by atoms with Crippen molar-refractivity contribution < 1.29 is 9.66 Å². The van der Waals surface area contributed by atoms with Crippen LogP contribution in [0.15, 0.2) is 18.2 Å². The smallest absolute Gasteiger partial charge is 0.292 e. The average molecular weight is 376 g/mol. The predicted molar refractivity (Wildman–Crippen MR) is 108 cm³/mol. The number of aryl methyl sites for hydroxylation is 1. The van der Waals surface area contributed by atoms with Gasteiger partial charge >= 0.3 is 0 Å². The number of hydrogen-bond donors (Lipinski definition) is 1. The summed E-state index contributed by atoms with van der Waals surface area (Å²) in [6.45, 7) is 8.92. The molecular weight excluding hydrogens is 342 g/mol. The van der Waals surface area contributed by atoms with E-state index in [-0.39, 0.29) is 16.1 Å². The number of anilines is 1. The van der Waals surface area contributed by atoms with Crippen molar-refractivity contribution in [2.45, 2.75) is 77.0 Å². The third kappa shape index (κ3) is 4.99. The Morgan fingerprint density at radius 1 is 1.26 bits per heavy atom. The van der Waals surface area contributed by atoms with Gasteiger partial charge in [0.15, 0.2) is 0 Å². The molecule has 27 heavy (non-hydrogen) atoms. The van der Waals surface area contributed by atoms with Crippen molar-refractivity contribution in [2.75, 3.05) is 24.6 Å². The molecule has 1 N–H and O–H groups in total. The Hall–Kier alpha value is -1.66. The van der Waals surface area contributed by atoms with Crippen molar-refractivity contribution in [3.8, 4) is 0 Å². The monoisotopic (exact) mass is 375 g/mol. The standard InChI is InChI=1S/C21H33N3O3/c1-4-27-18-7-11-21(3,12-8-18)22-17-9-13-23(14-10-17)20-15-16(2)5-6-19(20)24(25)26/h5-6,15,17-18,22H,4,7-14H2,1-3H3. The quantitative estimate of drug-likeness (QED) is 0.596. The summed E-state index contributed by atoms with van der Waals surface area (Å²) >= 11 is 0. The van der Waals surface area contributed by atoms with Gasteiger partial charge in [-0.15, -0.1) is 0 Å². The van der Waals surface area contributed by atoms with Gasteiger partial charge in [0.25, 0.3) is 5.69 Å². The van der Waals surface area contributed by atoms with Crippen LogP contribution in [0.3, 0.4) is 0 Å². The van der Waals surface area contributed by atoms with Crippen LogP contribution < -0.4 is 10.2 Å². The van der Waals surface area contributed by atoms with Gasteiger partial charge in [0, 0.05) is 37.3 Å². The molecule has 1 saturated heterocycles. The van der Waals surface area contributed by atoms with E-state index in [1.807, 2.05) is 19.1 Å². The molecule has 1 saturated carbocycles. The Morgan fingerprint density at radius 3 is 2.52 bits per heavy atom. The van der Waals surface area contributed by atoms with E-state index in [4.69, 9.17) is 4.74 Å². The number of ether oxygens (including phenoxy) is 1. The topological polar surface area (TPSA) is 67.6 Å². The molecular formula is C21H33N3O3. The Balaban J connectivity index is 1.55. The van der Waals surface area contributed by atoms with Gasteiger partial charge in [-0.1, -0.05) is 6.07 Å². The van der Waals surface area contributed by atoms with Gasteiger partial charge < -0.3 is 15.0 Å². The molecule has 0 aromatic heterocycles. The maximum atomic E-state index is 11.4. The second-order valence-electron chi connectivity index (χ2n) is 8.37. The molecule has 0 spiro atoms. The van der Waals surface area contributed by atoms with Crippen LogP contribution in [0.5, 0.6) is 0 Å². The molecule has 0 bridgehead atoms. The van der Waals surface area contributed by atoms with Crippen LogP contribution in [-0.2, 0) is 4.74 Å². The lowest BCUT2D eigenvalue weighted by Crippen LogP contribution is -2.54. The highest BCUT2D eigenvalue weighted by molar-refractivity contribution is 5.64. The summed E-state index contributed by atoms with van der Waals surface area (Å²) in [5.74, 6) is 0. The molecule has 2 fully saturated rings. The van der Waals surface area contributed by atoms with Crippen LogP contribution in [0.25, 0.3) is 0 Å². The predicted octanol–water partition coefficient (Wildman–Crippen LogP) is 4.20. The molecule has 6 heteroatoms. The number of nitrogens with zero attached hydrogens (tertiary/aromatic N) is 2. The number of hydrogen-bond acceptors (Lipinski definition) is 5. The number of nitro groups is 1. The van der Waals surface area contributed by atoms with Crippen molar-refractivity contribution in [3.63, 3.8) is 0 Å². The van der Waals surface area contributed by atoms with Gasteiger partial charge in [-0.3, -0.25) is 10.1 Å². The van der Waals surface area contributed by atoms with Crippen molar-refractivity contribution >= 4 is 11.4 Å². The average Bonchev–Trinajstić information content (AvgIpc) is 2.64. The highest BCUT2D eigenvalue weighted by Crippen LogP contribution is 2.33. The first-order chi connectivity index (χ1) is 12.9. The molecule has 2 aliphatic rings. The van der Waals surface area contributed by atoms with E-state index >= 15 is 0 Å². The van der Waals surface area contributed by atoms with E-state index in [1.54, 1.807) is 6.07 Å². The molecule has 0 atom stereocenters. The van der Waals surface area contributed by atoms with Crippen molar-refractivity contribution in [3.05, 3.63) is 33.9 Å². The second-order valence-corrected chi connectivity index (χ2v) is 8.37.